The van der Waals surface area contributed by atoms with E-state index in [4.69, 9.17) is 5.11 Å². The fourth-order valence-electron chi connectivity index (χ4n) is 1.88. The fourth-order valence-corrected chi connectivity index (χ4v) is 1.88. The zero-order valence-corrected chi connectivity index (χ0v) is 12.1. The number of aryl methyl sites for hydroxylation is 1. The maximum atomic E-state index is 12.1. The number of carbonyl (C=O) groups is 3. The number of hydrogen-bond acceptors (Lipinski definition) is 3. The summed E-state index contributed by atoms with van der Waals surface area (Å²) in [6.45, 7) is 5.05. The topological polar surface area (TPSA) is 88.4 Å². The number of aromatic nitrogens is 1. The summed E-state index contributed by atoms with van der Waals surface area (Å²) >= 11 is 0. The van der Waals surface area contributed by atoms with Crippen LogP contribution in [0.4, 0.5) is 0 Å². The molecule has 1 rings (SSSR count). The van der Waals surface area contributed by atoms with Crippen molar-refractivity contribution in [2.45, 2.75) is 33.2 Å². The number of carboxylic acid groups (broad SMARTS) is 1. The number of amides is 1. The van der Waals surface area contributed by atoms with Gasteiger partial charge in [0.1, 0.15) is 11.7 Å². The molecule has 1 aromatic heterocycles. The van der Waals surface area contributed by atoms with Gasteiger partial charge in [0, 0.05) is 18.8 Å². The van der Waals surface area contributed by atoms with E-state index < -0.39 is 17.9 Å². The summed E-state index contributed by atoms with van der Waals surface area (Å²) in [6.07, 6.45) is 2.19. The first-order valence-corrected chi connectivity index (χ1v) is 6.48. The van der Waals surface area contributed by atoms with E-state index in [0.29, 0.717) is 12.0 Å². The number of hydrogen-bond donors (Lipinski definition) is 2. The minimum Gasteiger partial charge on any atom is -0.480 e. The lowest BCUT2D eigenvalue weighted by atomic mass is 9.99. The molecule has 0 radical (unpaired) electrons. The van der Waals surface area contributed by atoms with Gasteiger partial charge in [-0.25, -0.2) is 4.79 Å². The Kier molecular flexibility index (Phi) is 5.07. The molecule has 1 heterocycles. The monoisotopic (exact) mass is 280 g/mol. The van der Waals surface area contributed by atoms with E-state index in [0.717, 1.165) is 0 Å². The van der Waals surface area contributed by atoms with Crippen LogP contribution in [0.25, 0.3) is 0 Å². The fraction of sp³-hybridized carbons (Fsp3) is 0.500. The Morgan fingerprint density at radius 2 is 2.00 bits per heavy atom. The number of ketones is 1. The summed E-state index contributed by atoms with van der Waals surface area (Å²) in [5.74, 6) is -1.87. The summed E-state index contributed by atoms with van der Waals surface area (Å²) in [5, 5.41) is 11.7. The molecule has 0 aliphatic heterocycles. The van der Waals surface area contributed by atoms with Gasteiger partial charge in [-0.2, -0.15) is 0 Å². The third-order valence-electron chi connectivity index (χ3n) is 3.41. The Balaban J connectivity index is 2.95. The highest BCUT2D eigenvalue weighted by Crippen LogP contribution is 2.12. The molecule has 6 nitrogen and oxygen atoms in total. The van der Waals surface area contributed by atoms with Crippen LogP contribution in [-0.4, -0.2) is 33.4 Å². The zero-order valence-electron chi connectivity index (χ0n) is 12.1. The van der Waals surface area contributed by atoms with Crippen molar-refractivity contribution >= 4 is 17.7 Å². The third-order valence-corrected chi connectivity index (χ3v) is 3.41. The van der Waals surface area contributed by atoms with Crippen molar-refractivity contribution in [3.8, 4) is 0 Å². The second-order valence-corrected chi connectivity index (χ2v) is 4.96. The number of nitrogens with zero attached hydrogens (tertiary/aromatic N) is 1. The predicted octanol–water partition coefficient (Wildman–Crippen LogP) is 1.46. The van der Waals surface area contributed by atoms with Crippen molar-refractivity contribution < 1.29 is 19.5 Å². The molecule has 0 saturated heterocycles. The molecule has 2 unspecified atom stereocenters. The lowest BCUT2D eigenvalue weighted by Crippen LogP contribution is -2.45. The van der Waals surface area contributed by atoms with Crippen molar-refractivity contribution in [2.24, 2.45) is 13.0 Å². The Hall–Kier alpha value is -2.11. The Morgan fingerprint density at radius 1 is 1.40 bits per heavy atom. The van der Waals surface area contributed by atoms with Crippen LogP contribution in [0.1, 0.15) is 48.0 Å². The van der Waals surface area contributed by atoms with Crippen LogP contribution < -0.4 is 5.32 Å². The molecular weight excluding hydrogens is 260 g/mol. The lowest BCUT2D eigenvalue weighted by Gasteiger charge is -2.20. The number of rotatable bonds is 6. The van der Waals surface area contributed by atoms with E-state index in [2.05, 4.69) is 5.32 Å². The molecule has 2 N–H and O–H groups in total. The van der Waals surface area contributed by atoms with Crippen molar-refractivity contribution in [3.63, 3.8) is 0 Å². The van der Waals surface area contributed by atoms with E-state index in [1.54, 1.807) is 20.2 Å². The minimum absolute atomic E-state index is 0.142. The van der Waals surface area contributed by atoms with Gasteiger partial charge < -0.3 is 15.0 Å². The van der Waals surface area contributed by atoms with Gasteiger partial charge in [-0.05, 0) is 18.9 Å². The maximum absolute atomic E-state index is 12.1. The van der Waals surface area contributed by atoms with Crippen LogP contribution >= 0.6 is 0 Å². The molecule has 0 aromatic carbocycles. The average molecular weight is 280 g/mol. The Labute approximate surface area is 117 Å². The normalized spacial score (nSPS) is 13.6. The van der Waals surface area contributed by atoms with Crippen LogP contribution in [0.2, 0.25) is 0 Å². The predicted molar refractivity (Wildman–Crippen MR) is 73.8 cm³/mol. The highest BCUT2D eigenvalue weighted by molar-refractivity contribution is 6.00. The van der Waals surface area contributed by atoms with Crippen molar-refractivity contribution in [1.29, 1.82) is 0 Å². The second kappa shape index (κ2) is 6.36. The number of Topliss-reactive ketones (excluding diaryl/α,β-unsaturated/α-hetero) is 1. The van der Waals surface area contributed by atoms with Gasteiger partial charge in [0.05, 0.1) is 0 Å². The van der Waals surface area contributed by atoms with Crippen LogP contribution in [0.15, 0.2) is 12.3 Å². The van der Waals surface area contributed by atoms with E-state index in [1.165, 1.54) is 17.6 Å². The summed E-state index contributed by atoms with van der Waals surface area (Å²) in [4.78, 5) is 34.6. The Bertz CT molecular complexity index is 533. The molecule has 0 fully saturated rings. The summed E-state index contributed by atoms with van der Waals surface area (Å²) in [7, 11) is 1.64. The van der Waals surface area contributed by atoms with Crippen molar-refractivity contribution in [1.82, 2.24) is 9.88 Å². The molecule has 0 spiro atoms. The molecule has 1 aromatic rings. The quantitative estimate of drug-likeness (QED) is 0.772. The largest absolute Gasteiger partial charge is 0.480 e. The minimum atomic E-state index is -1.06. The van der Waals surface area contributed by atoms with Crippen LogP contribution in [0.5, 0.6) is 0 Å². The third kappa shape index (κ3) is 3.46. The van der Waals surface area contributed by atoms with E-state index in [-0.39, 0.29) is 17.4 Å². The highest BCUT2D eigenvalue weighted by atomic mass is 16.4. The van der Waals surface area contributed by atoms with Gasteiger partial charge in [0.25, 0.3) is 5.91 Å². The van der Waals surface area contributed by atoms with Gasteiger partial charge in [-0.15, -0.1) is 0 Å². The lowest BCUT2D eigenvalue weighted by molar-refractivity contribution is -0.140. The van der Waals surface area contributed by atoms with E-state index >= 15 is 0 Å². The number of carbonyl (C=O) groups excluding carboxylic acids is 2. The number of carboxylic acids is 1. The van der Waals surface area contributed by atoms with Crippen LogP contribution in [0, 0.1) is 5.92 Å². The van der Waals surface area contributed by atoms with Gasteiger partial charge in [-0.1, -0.05) is 20.3 Å². The highest BCUT2D eigenvalue weighted by Gasteiger charge is 2.26. The smallest absolute Gasteiger partial charge is 0.326 e. The van der Waals surface area contributed by atoms with Crippen molar-refractivity contribution in [2.75, 3.05) is 0 Å². The first-order chi connectivity index (χ1) is 9.27. The Morgan fingerprint density at radius 3 is 2.40 bits per heavy atom. The number of aliphatic carboxylic acids is 1. The van der Waals surface area contributed by atoms with Gasteiger partial charge >= 0.3 is 5.97 Å². The SMILES string of the molecule is CCC(C)C(NC(=O)c1cc(C(C)=O)cn1C)C(=O)O. The molecule has 110 valence electrons. The molecule has 20 heavy (non-hydrogen) atoms. The molecule has 0 bridgehead atoms. The molecular formula is C14H20N2O4. The molecule has 0 aliphatic rings. The van der Waals surface area contributed by atoms with Gasteiger partial charge in [-0.3, -0.25) is 9.59 Å². The molecule has 2 atom stereocenters. The summed E-state index contributed by atoms with van der Waals surface area (Å²) in [5.41, 5.74) is 0.692. The standard InChI is InChI=1S/C14H20N2O4/c1-5-8(2)12(14(19)20)15-13(18)11-6-10(9(3)17)7-16(11)4/h6-8,12H,5H2,1-4H3,(H,15,18)(H,19,20). The van der Waals surface area contributed by atoms with Crippen LogP contribution in [0.3, 0.4) is 0 Å². The zero-order chi connectivity index (χ0) is 15.4. The maximum Gasteiger partial charge on any atom is 0.326 e. The van der Waals surface area contributed by atoms with Crippen molar-refractivity contribution in [3.05, 3.63) is 23.5 Å². The van der Waals surface area contributed by atoms with E-state index in [1.807, 2.05) is 6.92 Å². The first-order valence-electron chi connectivity index (χ1n) is 6.48. The average Bonchev–Trinajstić information content (AvgIpc) is 2.76. The van der Waals surface area contributed by atoms with E-state index in [9.17, 15) is 14.4 Å². The molecule has 0 saturated carbocycles. The molecule has 6 heteroatoms. The molecule has 1 amide bonds. The first kappa shape index (κ1) is 15.9. The van der Waals surface area contributed by atoms with Gasteiger partial charge in [0.15, 0.2) is 5.78 Å². The van der Waals surface area contributed by atoms with Gasteiger partial charge in [0.2, 0.25) is 0 Å². The summed E-state index contributed by atoms with van der Waals surface area (Å²) in [6, 6.07) is 0.524. The molecule has 0 aliphatic carbocycles. The summed E-state index contributed by atoms with van der Waals surface area (Å²) < 4.78 is 1.52. The van der Waals surface area contributed by atoms with Crippen LogP contribution in [-0.2, 0) is 11.8 Å². The second-order valence-electron chi connectivity index (χ2n) is 4.96. The number of nitrogens with one attached hydrogen (secondary N) is 1.